The van der Waals surface area contributed by atoms with Gasteiger partial charge in [-0.05, 0) is 24.5 Å². The van der Waals surface area contributed by atoms with Crippen LogP contribution in [0.4, 0.5) is 4.79 Å². The zero-order valence-corrected chi connectivity index (χ0v) is 11.3. The van der Waals surface area contributed by atoms with Crippen LogP contribution in [0.5, 0.6) is 0 Å². The molecule has 0 bridgehead atoms. The van der Waals surface area contributed by atoms with Crippen molar-refractivity contribution in [3.8, 4) is 0 Å². The van der Waals surface area contributed by atoms with E-state index in [4.69, 9.17) is 9.84 Å². The maximum atomic E-state index is 11.5. The first-order chi connectivity index (χ1) is 9.24. The molecule has 0 aliphatic carbocycles. The molecule has 1 aromatic rings. The van der Waals surface area contributed by atoms with Crippen LogP contribution in [0.2, 0.25) is 0 Å². The molecule has 1 aromatic carbocycles. The normalized spacial score (nSPS) is 10.2. The molecule has 1 rings (SSSR count). The van der Waals surface area contributed by atoms with Crippen LogP contribution in [0.15, 0.2) is 24.3 Å². The van der Waals surface area contributed by atoms with Crippen molar-refractivity contribution in [1.82, 2.24) is 10.6 Å². The first-order valence-electron chi connectivity index (χ1n) is 6.49. The van der Waals surface area contributed by atoms with Gasteiger partial charge in [0.1, 0.15) is 0 Å². The van der Waals surface area contributed by atoms with Gasteiger partial charge in [0.25, 0.3) is 0 Å². The van der Waals surface area contributed by atoms with Gasteiger partial charge in [0.2, 0.25) is 0 Å². The lowest BCUT2D eigenvalue weighted by molar-refractivity contribution is 0.0910. The Hall–Kier alpha value is -1.59. The van der Waals surface area contributed by atoms with E-state index in [-0.39, 0.29) is 12.6 Å². The second kappa shape index (κ2) is 9.35. The van der Waals surface area contributed by atoms with E-state index in [2.05, 4.69) is 10.6 Å². The lowest BCUT2D eigenvalue weighted by Crippen LogP contribution is -2.36. The highest BCUT2D eigenvalue weighted by molar-refractivity contribution is 5.73. The van der Waals surface area contributed by atoms with Crippen molar-refractivity contribution in [2.45, 2.75) is 19.9 Å². The molecule has 0 aromatic heterocycles. The molecule has 106 valence electrons. The van der Waals surface area contributed by atoms with Gasteiger partial charge in [0, 0.05) is 19.7 Å². The Labute approximate surface area is 114 Å². The van der Waals surface area contributed by atoms with E-state index in [9.17, 15) is 4.79 Å². The van der Waals surface area contributed by atoms with Crippen molar-refractivity contribution in [1.29, 1.82) is 0 Å². The first-order valence-corrected chi connectivity index (χ1v) is 6.49. The number of nitrogens with one attached hydrogen (secondary N) is 2. The summed E-state index contributed by atoms with van der Waals surface area (Å²) in [5.74, 6) is 0. The molecule has 0 fully saturated rings. The highest BCUT2D eigenvalue weighted by Gasteiger charge is 2.01. The largest absolute Gasteiger partial charge is 0.394 e. The highest BCUT2D eigenvalue weighted by atomic mass is 16.5. The third-order valence-electron chi connectivity index (χ3n) is 2.69. The van der Waals surface area contributed by atoms with E-state index < -0.39 is 0 Å². The lowest BCUT2D eigenvalue weighted by Gasteiger charge is -2.09. The van der Waals surface area contributed by atoms with Crippen LogP contribution >= 0.6 is 0 Å². The maximum Gasteiger partial charge on any atom is 0.315 e. The number of rotatable bonds is 8. The fourth-order valence-corrected chi connectivity index (χ4v) is 1.59. The second-order valence-electron chi connectivity index (χ2n) is 4.23. The van der Waals surface area contributed by atoms with Crippen molar-refractivity contribution in [3.05, 3.63) is 35.4 Å². The lowest BCUT2D eigenvalue weighted by atomic mass is 10.1. The Kier molecular flexibility index (Phi) is 7.62. The minimum atomic E-state index is -0.176. The fourth-order valence-electron chi connectivity index (χ4n) is 1.59. The molecule has 3 N–H and O–H groups in total. The zero-order valence-electron chi connectivity index (χ0n) is 11.3. The number of urea groups is 1. The number of aliphatic hydroxyl groups is 1. The number of aryl methyl sites for hydroxylation is 1. The van der Waals surface area contributed by atoms with Crippen LogP contribution in [-0.2, 0) is 11.3 Å². The van der Waals surface area contributed by atoms with Crippen LogP contribution < -0.4 is 10.6 Å². The van der Waals surface area contributed by atoms with E-state index in [1.54, 1.807) is 0 Å². The summed E-state index contributed by atoms with van der Waals surface area (Å²) < 4.78 is 5.09. The van der Waals surface area contributed by atoms with Crippen LogP contribution in [0.3, 0.4) is 0 Å². The minimum Gasteiger partial charge on any atom is -0.394 e. The number of hydrogen-bond acceptors (Lipinski definition) is 3. The Morgan fingerprint density at radius 3 is 2.79 bits per heavy atom. The molecule has 0 unspecified atom stereocenters. The van der Waals surface area contributed by atoms with Crippen molar-refractivity contribution in [3.63, 3.8) is 0 Å². The van der Waals surface area contributed by atoms with Crippen molar-refractivity contribution >= 4 is 6.03 Å². The van der Waals surface area contributed by atoms with Crippen molar-refractivity contribution in [2.24, 2.45) is 0 Å². The summed E-state index contributed by atoms with van der Waals surface area (Å²) in [6.45, 7) is 4.03. The smallest absolute Gasteiger partial charge is 0.315 e. The number of carbonyl (C=O) groups is 1. The molecule has 5 heteroatoms. The Morgan fingerprint density at radius 1 is 1.26 bits per heavy atom. The van der Waals surface area contributed by atoms with E-state index in [0.717, 1.165) is 12.0 Å². The van der Waals surface area contributed by atoms with Gasteiger partial charge in [-0.25, -0.2) is 4.79 Å². The molecular formula is C14H22N2O3. The van der Waals surface area contributed by atoms with Gasteiger partial charge in [-0.3, -0.25) is 0 Å². The molecule has 0 radical (unpaired) electrons. The third-order valence-corrected chi connectivity index (χ3v) is 2.69. The average molecular weight is 266 g/mol. The number of carbonyl (C=O) groups excluding carboxylic acids is 1. The van der Waals surface area contributed by atoms with Crippen LogP contribution in [0.25, 0.3) is 0 Å². The topological polar surface area (TPSA) is 70.6 Å². The molecule has 5 nitrogen and oxygen atoms in total. The van der Waals surface area contributed by atoms with Gasteiger partial charge in [-0.15, -0.1) is 0 Å². The summed E-state index contributed by atoms with van der Waals surface area (Å²) in [6.07, 6.45) is 0.734. The molecule has 0 atom stereocenters. The number of benzene rings is 1. The maximum absolute atomic E-state index is 11.5. The molecule has 0 aliphatic heterocycles. The molecule has 0 aliphatic rings. The van der Waals surface area contributed by atoms with Crippen molar-refractivity contribution < 1.29 is 14.6 Å². The summed E-state index contributed by atoms with van der Waals surface area (Å²) in [5, 5.41) is 14.1. The Bertz CT molecular complexity index is 383. The molecule has 0 heterocycles. The monoisotopic (exact) mass is 266 g/mol. The molecule has 2 amide bonds. The summed E-state index contributed by atoms with van der Waals surface area (Å²) in [7, 11) is 0. The van der Waals surface area contributed by atoms with Crippen LogP contribution in [0, 0.1) is 6.92 Å². The van der Waals surface area contributed by atoms with Crippen LogP contribution in [0.1, 0.15) is 17.5 Å². The predicted molar refractivity (Wildman–Crippen MR) is 73.9 cm³/mol. The Morgan fingerprint density at radius 2 is 2.05 bits per heavy atom. The van der Waals surface area contributed by atoms with E-state index >= 15 is 0 Å². The predicted octanol–water partition coefficient (Wildman–Crippen LogP) is 1.19. The molecule has 0 saturated carbocycles. The third kappa shape index (κ3) is 6.79. The van der Waals surface area contributed by atoms with Gasteiger partial charge in [-0.1, -0.05) is 24.3 Å². The Balaban J connectivity index is 2.10. The van der Waals surface area contributed by atoms with E-state index in [1.807, 2.05) is 31.2 Å². The van der Waals surface area contributed by atoms with E-state index in [0.29, 0.717) is 26.3 Å². The highest BCUT2D eigenvalue weighted by Crippen LogP contribution is 2.05. The quantitative estimate of drug-likeness (QED) is 0.619. The SMILES string of the molecule is Cc1ccccc1CNC(=O)NCCCOCCO. The van der Waals surface area contributed by atoms with Gasteiger partial charge < -0.3 is 20.5 Å². The summed E-state index contributed by atoms with van der Waals surface area (Å²) >= 11 is 0. The zero-order chi connectivity index (χ0) is 13.9. The van der Waals surface area contributed by atoms with Gasteiger partial charge in [0.05, 0.1) is 13.2 Å². The van der Waals surface area contributed by atoms with Gasteiger partial charge >= 0.3 is 6.03 Å². The van der Waals surface area contributed by atoms with Gasteiger partial charge in [0.15, 0.2) is 0 Å². The summed E-state index contributed by atoms with van der Waals surface area (Å²) in [4.78, 5) is 11.5. The first kappa shape index (κ1) is 15.5. The number of hydrogen-bond donors (Lipinski definition) is 3. The number of amides is 2. The number of ether oxygens (including phenoxy) is 1. The van der Waals surface area contributed by atoms with Crippen LogP contribution in [-0.4, -0.2) is 37.5 Å². The molecule has 19 heavy (non-hydrogen) atoms. The average Bonchev–Trinajstić information content (AvgIpc) is 2.42. The molecular weight excluding hydrogens is 244 g/mol. The molecule has 0 saturated heterocycles. The summed E-state index contributed by atoms with van der Waals surface area (Å²) in [5.41, 5.74) is 2.28. The fraction of sp³-hybridized carbons (Fsp3) is 0.500. The van der Waals surface area contributed by atoms with Gasteiger partial charge in [-0.2, -0.15) is 0 Å². The van der Waals surface area contributed by atoms with Crippen molar-refractivity contribution in [2.75, 3.05) is 26.4 Å². The number of aliphatic hydroxyl groups excluding tert-OH is 1. The molecule has 0 spiro atoms. The standard InChI is InChI=1S/C14H22N2O3/c1-12-5-2-3-6-13(12)11-16-14(18)15-7-4-9-19-10-8-17/h2-3,5-6,17H,4,7-11H2,1H3,(H2,15,16,18). The van der Waals surface area contributed by atoms with E-state index in [1.165, 1.54) is 5.56 Å². The minimum absolute atomic E-state index is 0.0321. The second-order valence-corrected chi connectivity index (χ2v) is 4.23. The summed E-state index contributed by atoms with van der Waals surface area (Å²) in [6, 6.07) is 7.78.